The molecule has 1 fully saturated rings. The Hall–Kier alpha value is -2.28. The van der Waals surface area contributed by atoms with Gasteiger partial charge in [0.05, 0.1) is 5.57 Å². The van der Waals surface area contributed by atoms with Gasteiger partial charge < -0.3 is 5.11 Å². The number of piperidine rings is 1. The summed E-state index contributed by atoms with van der Waals surface area (Å²) in [5, 5.41) is 20.7. The maximum absolute atomic E-state index is 10.6. The number of halogens is 1. The predicted molar refractivity (Wildman–Crippen MR) is 101 cm³/mol. The molecule has 4 heteroatoms. The number of hydrogen-bond donors (Lipinski definition) is 1. The third kappa shape index (κ3) is 4.42. The molecular weight excluding hydrogens is 332 g/mol. The third-order valence-corrected chi connectivity index (χ3v) is 4.98. The predicted octanol–water partition coefficient (Wildman–Crippen LogP) is 5.04. The molecule has 0 bridgehead atoms. The Kier molecular flexibility index (Phi) is 5.75. The van der Waals surface area contributed by atoms with E-state index in [0.717, 1.165) is 38.0 Å². The van der Waals surface area contributed by atoms with Crippen molar-refractivity contribution < 1.29 is 5.11 Å². The van der Waals surface area contributed by atoms with Crippen molar-refractivity contribution in [1.82, 2.24) is 4.90 Å². The molecule has 0 saturated carbocycles. The fourth-order valence-corrected chi connectivity index (χ4v) is 3.42. The highest BCUT2D eigenvalue weighted by atomic mass is 35.5. The molecule has 0 radical (unpaired) electrons. The Labute approximate surface area is 153 Å². The molecule has 0 aliphatic carbocycles. The van der Waals surface area contributed by atoms with Crippen LogP contribution >= 0.6 is 11.6 Å². The largest absolute Gasteiger partial charge is 0.511 e. The van der Waals surface area contributed by atoms with E-state index in [1.165, 1.54) is 5.56 Å². The summed E-state index contributed by atoms with van der Waals surface area (Å²) < 4.78 is 0. The number of aliphatic hydroxyl groups is 1. The second-order valence-corrected chi connectivity index (χ2v) is 6.85. The molecule has 1 saturated heterocycles. The van der Waals surface area contributed by atoms with Crippen LogP contribution in [-0.4, -0.2) is 23.1 Å². The van der Waals surface area contributed by atoms with Crippen molar-refractivity contribution in [3.05, 3.63) is 76.5 Å². The average Bonchev–Trinajstić information content (AvgIpc) is 2.65. The van der Waals surface area contributed by atoms with Crippen LogP contribution in [0.25, 0.3) is 5.57 Å². The van der Waals surface area contributed by atoms with Crippen LogP contribution in [0, 0.1) is 17.2 Å². The standard InChI is InChI=1S/C21H21ClN2O/c22-19-8-6-17(7-9-19)20(14-23)21(25)18-10-12-24(13-11-18)15-16-4-2-1-3-5-16/h1-9,18,25H,10-13,15H2. The molecule has 0 spiro atoms. The molecule has 25 heavy (non-hydrogen) atoms. The summed E-state index contributed by atoms with van der Waals surface area (Å²) in [4.78, 5) is 2.40. The van der Waals surface area contributed by atoms with Crippen LogP contribution in [0.5, 0.6) is 0 Å². The van der Waals surface area contributed by atoms with Crippen LogP contribution in [0.15, 0.2) is 60.4 Å². The minimum absolute atomic E-state index is 0.0392. The fourth-order valence-electron chi connectivity index (χ4n) is 3.30. The number of benzene rings is 2. The zero-order valence-corrected chi connectivity index (χ0v) is 14.8. The maximum atomic E-state index is 10.6. The lowest BCUT2D eigenvalue weighted by Gasteiger charge is -2.32. The van der Waals surface area contributed by atoms with Crippen LogP contribution in [-0.2, 0) is 6.54 Å². The summed E-state index contributed by atoms with van der Waals surface area (Å²) in [5.74, 6) is 0.251. The first-order valence-corrected chi connectivity index (χ1v) is 8.90. The molecule has 3 rings (SSSR count). The van der Waals surface area contributed by atoms with Gasteiger partial charge in [-0.15, -0.1) is 0 Å². The fraction of sp³-hybridized carbons (Fsp3) is 0.286. The van der Waals surface area contributed by atoms with E-state index >= 15 is 0 Å². The van der Waals surface area contributed by atoms with Gasteiger partial charge >= 0.3 is 0 Å². The number of likely N-dealkylation sites (tertiary alicyclic amines) is 1. The van der Waals surface area contributed by atoms with E-state index < -0.39 is 0 Å². The molecule has 0 atom stereocenters. The van der Waals surface area contributed by atoms with Crippen molar-refractivity contribution in [1.29, 1.82) is 5.26 Å². The molecule has 1 aliphatic heterocycles. The first-order chi connectivity index (χ1) is 12.2. The molecule has 128 valence electrons. The second kappa shape index (κ2) is 8.20. The van der Waals surface area contributed by atoms with Crippen LogP contribution in [0.1, 0.15) is 24.0 Å². The highest BCUT2D eigenvalue weighted by Gasteiger charge is 2.25. The van der Waals surface area contributed by atoms with Crippen LogP contribution in [0.3, 0.4) is 0 Å². The van der Waals surface area contributed by atoms with Crippen LogP contribution < -0.4 is 0 Å². The maximum Gasteiger partial charge on any atom is 0.114 e. The van der Waals surface area contributed by atoms with E-state index in [0.29, 0.717) is 10.6 Å². The van der Waals surface area contributed by atoms with Gasteiger partial charge in [-0.3, -0.25) is 4.90 Å². The average molecular weight is 353 g/mol. The van der Waals surface area contributed by atoms with Gasteiger partial charge in [-0.25, -0.2) is 0 Å². The van der Waals surface area contributed by atoms with Crippen LogP contribution in [0.4, 0.5) is 0 Å². The molecule has 2 aromatic rings. The smallest absolute Gasteiger partial charge is 0.114 e. The van der Waals surface area contributed by atoms with Gasteiger partial charge in [-0.2, -0.15) is 5.26 Å². The van der Waals surface area contributed by atoms with Gasteiger partial charge in [0.1, 0.15) is 11.8 Å². The van der Waals surface area contributed by atoms with Gasteiger partial charge in [0, 0.05) is 17.5 Å². The summed E-state index contributed by atoms with van der Waals surface area (Å²) in [5.41, 5.74) is 2.38. The second-order valence-electron chi connectivity index (χ2n) is 6.41. The van der Waals surface area contributed by atoms with E-state index in [1.54, 1.807) is 24.3 Å². The zero-order valence-electron chi connectivity index (χ0n) is 14.0. The number of nitriles is 1. The molecule has 0 amide bonds. The highest BCUT2D eigenvalue weighted by molar-refractivity contribution is 6.30. The first kappa shape index (κ1) is 17.5. The van der Waals surface area contributed by atoms with E-state index in [2.05, 4.69) is 35.2 Å². The molecule has 2 aromatic carbocycles. The molecular formula is C21H21ClN2O. The molecule has 3 nitrogen and oxygen atoms in total. The molecule has 1 aliphatic rings. The lowest BCUT2D eigenvalue weighted by atomic mass is 9.90. The first-order valence-electron chi connectivity index (χ1n) is 8.53. The van der Waals surface area contributed by atoms with Gasteiger partial charge in [0.15, 0.2) is 0 Å². The summed E-state index contributed by atoms with van der Waals surface area (Å²) in [6.45, 7) is 2.77. The summed E-state index contributed by atoms with van der Waals surface area (Å²) in [6, 6.07) is 19.6. The monoisotopic (exact) mass is 352 g/mol. The molecule has 1 N–H and O–H groups in total. The van der Waals surface area contributed by atoms with Crippen molar-refractivity contribution >= 4 is 17.2 Å². The van der Waals surface area contributed by atoms with Crippen molar-refractivity contribution in [2.75, 3.05) is 13.1 Å². The molecule has 0 aromatic heterocycles. The summed E-state index contributed by atoms with van der Waals surface area (Å²) in [7, 11) is 0. The Balaban J connectivity index is 1.66. The Morgan fingerprint density at radius 1 is 1.08 bits per heavy atom. The van der Waals surface area contributed by atoms with E-state index in [-0.39, 0.29) is 11.7 Å². The van der Waals surface area contributed by atoms with Gasteiger partial charge in [-0.05, 0) is 49.2 Å². The summed E-state index contributed by atoms with van der Waals surface area (Å²) >= 11 is 5.90. The van der Waals surface area contributed by atoms with Gasteiger partial charge in [0.25, 0.3) is 0 Å². The van der Waals surface area contributed by atoms with Crippen LogP contribution in [0.2, 0.25) is 5.02 Å². The Morgan fingerprint density at radius 3 is 2.32 bits per heavy atom. The minimum atomic E-state index is 0.0392. The molecule has 0 unspecified atom stereocenters. The number of hydrogen-bond acceptors (Lipinski definition) is 3. The number of nitrogens with zero attached hydrogens (tertiary/aromatic N) is 2. The van der Waals surface area contributed by atoms with Gasteiger partial charge in [0.2, 0.25) is 0 Å². The van der Waals surface area contributed by atoms with Gasteiger partial charge in [-0.1, -0.05) is 54.1 Å². The zero-order chi connectivity index (χ0) is 17.6. The van der Waals surface area contributed by atoms with Crippen molar-refractivity contribution in [2.45, 2.75) is 19.4 Å². The minimum Gasteiger partial charge on any atom is -0.511 e. The van der Waals surface area contributed by atoms with E-state index in [4.69, 9.17) is 11.6 Å². The quantitative estimate of drug-likeness (QED) is 0.619. The van der Waals surface area contributed by atoms with E-state index in [9.17, 15) is 10.4 Å². The Bertz CT molecular complexity index is 770. The highest BCUT2D eigenvalue weighted by Crippen LogP contribution is 2.30. The lowest BCUT2D eigenvalue weighted by Crippen LogP contribution is -2.34. The Morgan fingerprint density at radius 2 is 1.72 bits per heavy atom. The topological polar surface area (TPSA) is 47.3 Å². The SMILES string of the molecule is N#CC(=C(O)C1CCN(Cc2ccccc2)CC1)c1ccc(Cl)cc1. The lowest BCUT2D eigenvalue weighted by molar-refractivity contribution is 0.167. The van der Waals surface area contributed by atoms with Crippen molar-refractivity contribution in [3.63, 3.8) is 0 Å². The molecule has 1 heterocycles. The van der Waals surface area contributed by atoms with Crippen molar-refractivity contribution in [3.8, 4) is 6.07 Å². The number of aliphatic hydroxyl groups excluding tert-OH is 1. The van der Waals surface area contributed by atoms with Crippen molar-refractivity contribution in [2.24, 2.45) is 5.92 Å². The normalized spacial score (nSPS) is 17.0. The third-order valence-electron chi connectivity index (χ3n) is 4.72. The number of rotatable bonds is 4. The summed E-state index contributed by atoms with van der Waals surface area (Å²) in [6.07, 6.45) is 1.72. The number of allylic oxidation sites excluding steroid dienone is 2. The van der Waals surface area contributed by atoms with E-state index in [1.807, 2.05) is 6.07 Å².